The number of hydrogen-bond acceptors (Lipinski definition) is 4. The van der Waals surface area contributed by atoms with E-state index in [1.165, 1.54) is 18.1 Å². The van der Waals surface area contributed by atoms with E-state index in [1.807, 2.05) is 24.3 Å². The Balaban J connectivity index is 1.70. The summed E-state index contributed by atoms with van der Waals surface area (Å²) in [6, 6.07) is 9.33. The average Bonchev–Trinajstić information content (AvgIpc) is 2.91. The summed E-state index contributed by atoms with van der Waals surface area (Å²) >= 11 is 5.86. The molecule has 8 heteroatoms. The summed E-state index contributed by atoms with van der Waals surface area (Å²) in [7, 11) is 3.00. The maximum atomic E-state index is 13.1. The van der Waals surface area contributed by atoms with Crippen LogP contribution < -0.4 is 5.32 Å². The van der Waals surface area contributed by atoms with Crippen LogP contribution in [0, 0.1) is 0 Å². The highest BCUT2D eigenvalue weighted by Gasteiger charge is 2.46. The van der Waals surface area contributed by atoms with Crippen LogP contribution in [0.2, 0.25) is 5.02 Å². The maximum absolute atomic E-state index is 13.1. The molecular formula is C18H18ClF3N4. The van der Waals surface area contributed by atoms with Gasteiger partial charge in [0.05, 0.1) is 23.3 Å². The molecule has 0 fully saturated rings. The molecule has 0 saturated carbocycles. The molecule has 2 heterocycles. The molecule has 3 rings (SSSR count). The number of nitrogens with one attached hydrogen (secondary N) is 1. The lowest BCUT2D eigenvalue weighted by molar-refractivity contribution is -0.182. The molecule has 1 unspecified atom stereocenters. The number of pyridine rings is 1. The first-order valence-electron chi connectivity index (χ1n) is 7.95. The number of alkyl halides is 3. The number of anilines is 1. The molecule has 1 aromatic heterocycles. The molecule has 1 aliphatic heterocycles. The second kappa shape index (κ2) is 7.17. The molecule has 0 aliphatic carbocycles. The summed E-state index contributed by atoms with van der Waals surface area (Å²) in [5.74, 6) is 0. The van der Waals surface area contributed by atoms with Gasteiger partial charge in [-0.25, -0.2) is 5.01 Å². The van der Waals surface area contributed by atoms with Gasteiger partial charge in [0.1, 0.15) is 6.04 Å². The van der Waals surface area contributed by atoms with Crippen molar-refractivity contribution < 1.29 is 13.2 Å². The van der Waals surface area contributed by atoms with Gasteiger partial charge in [-0.15, -0.1) is 0 Å². The highest BCUT2D eigenvalue weighted by atomic mass is 35.5. The van der Waals surface area contributed by atoms with E-state index in [9.17, 15) is 13.2 Å². The van der Waals surface area contributed by atoms with E-state index in [1.54, 1.807) is 25.4 Å². The molecular weight excluding hydrogens is 365 g/mol. The number of rotatable bonds is 4. The third-order valence-corrected chi connectivity index (χ3v) is 4.56. The molecule has 4 nitrogen and oxygen atoms in total. The van der Waals surface area contributed by atoms with Gasteiger partial charge < -0.3 is 10.3 Å². The van der Waals surface area contributed by atoms with Gasteiger partial charge in [-0.2, -0.15) is 13.2 Å². The summed E-state index contributed by atoms with van der Waals surface area (Å²) in [4.78, 5) is 4.30. The SMILES string of the molecule is CN1C(c2ccc(NCc3ccc(Cl)cc3)cn2)=CC(C(F)(F)F)N1C. The zero-order valence-corrected chi connectivity index (χ0v) is 15.0. The van der Waals surface area contributed by atoms with E-state index in [0.717, 1.165) is 16.3 Å². The summed E-state index contributed by atoms with van der Waals surface area (Å²) in [5.41, 5.74) is 2.76. The summed E-state index contributed by atoms with van der Waals surface area (Å²) < 4.78 is 39.2. The monoisotopic (exact) mass is 382 g/mol. The highest BCUT2D eigenvalue weighted by Crippen LogP contribution is 2.35. The molecule has 1 aromatic carbocycles. The fraction of sp³-hybridized carbons (Fsp3) is 0.278. The normalized spacial score (nSPS) is 18.2. The third-order valence-electron chi connectivity index (χ3n) is 4.31. The molecule has 1 atom stereocenters. The van der Waals surface area contributed by atoms with Gasteiger partial charge in [-0.3, -0.25) is 4.98 Å². The number of nitrogens with zero attached hydrogens (tertiary/aromatic N) is 3. The second-order valence-electron chi connectivity index (χ2n) is 6.05. The molecule has 0 amide bonds. The van der Waals surface area contributed by atoms with Crippen LogP contribution in [0.25, 0.3) is 5.70 Å². The quantitative estimate of drug-likeness (QED) is 0.848. The Morgan fingerprint density at radius 2 is 1.81 bits per heavy atom. The Hall–Kier alpha value is -2.25. The summed E-state index contributed by atoms with van der Waals surface area (Å²) in [6.07, 6.45) is -1.53. The molecule has 0 spiro atoms. The minimum absolute atomic E-state index is 0.430. The maximum Gasteiger partial charge on any atom is 0.409 e. The lowest BCUT2D eigenvalue weighted by atomic mass is 10.2. The highest BCUT2D eigenvalue weighted by molar-refractivity contribution is 6.30. The van der Waals surface area contributed by atoms with Crippen LogP contribution in [0.15, 0.2) is 48.7 Å². The van der Waals surface area contributed by atoms with Gasteiger partial charge in [0, 0.05) is 25.7 Å². The van der Waals surface area contributed by atoms with Crippen molar-refractivity contribution in [2.45, 2.75) is 18.8 Å². The minimum Gasteiger partial charge on any atom is -0.380 e. The molecule has 1 N–H and O–H groups in total. The van der Waals surface area contributed by atoms with Crippen LogP contribution in [0.3, 0.4) is 0 Å². The van der Waals surface area contributed by atoms with Crippen molar-refractivity contribution in [2.75, 3.05) is 19.4 Å². The van der Waals surface area contributed by atoms with Crippen LogP contribution in [-0.4, -0.2) is 41.3 Å². The molecule has 26 heavy (non-hydrogen) atoms. The molecule has 1 aliphatic rings. The molecule has 2 aromatic rings. The third kappa shape index (κ3) is 3.94. The van der Waals surface area contributed by atoms with Gasteiger partial charge >= 0.3 is 6.18 Å². The summed E-state index contributed by atoms with van der Waals surface area (Å²) in [6.45, 7) is 0.597. The Kier molecular flexibility index (Phi) is 5.11. The van der Waals surface area contributed by atoms with Gasteiger partial charge in [-0.1, -0.05) is 23.7 Å². The Labute approximate surface area is 154 Å². The Bertz CT molecular complexity index is 788. The number of hydrogen-bond donors (Lipinski definition) is 1. The van der Waals surface area contributed by atoms with E-state index >= 15 is 0 Å². The van der Waals surface area contributed by atoms with Crippen LogP contribution >= 0.6 is 11.6 Å². The lowest BCUT2D eigenvalue weighted by Crippen LogP contribution is -2.44. The van der Waals surface area contributed by atoms with Crippen LogP contribution in [0.1, 0.15) is 11.3 Å². The van der Waals surface area contributed by atoms with E-state index < -0.39 is 12.2 Å². The van der Waals surface area contributed by atoms with Crippen molar-refractivity contribution in [3.05, 3.63) is 65.0 Å². The first-order valence-corrected chi connectivity index (χ1v) is 8.33. The van der Waals surface area contributed by atoms with Gasteiger partial charge in [0.15, 0.2) is 0 Å². The van der Waals surface area contributed by atoms with E-state index in [4.69, 9.17) is 11.6 Å². The fourth-order valence-corrected chi connectivity index (χ4v) is 2.86. The van der Waals surface area contributed by atoms with Crippen molar-refractivity contribution in [1.29, 1.82) is 0 Å². The van der Waals surface area contributed by atoms with Crippen LogP contribution in [0.4, 0.5) is 18.9 Å². The zero-order chi connectivity index (χ0) is 18.9. The summed E-state index contributed by atoms with van der Waals surface area (Å²) in [5, 5.41) is 6.50. The molecule has 138 valence electrons. The first-order chi connectivity index (χ1) is 12.3. The predicted octanol–water partition coefficient (Wildman–Crippen LogP) is 4.41. The molecule has 0 bridgehead atoms. The fourth-order valence-electron chi connectivity index (χ4n) is 2.74. The lowest BCUT2D eigenvalue weighted by Gasteiger charge is -2.29. The zero-order valence-electron chi connectivity index (χ0n) is 14.3. The van der Waals surface area contributed by atoms with Gasteiger partial charge in [0.2, 0.25) is 0 Å². The first kappa shape index (κ1) is 18.5. The topological polar surface area (TPSA) is 31.4 Å². The Morgan fingerprint density at radius 3 is 2.35 bits per heavy atom. The van der Waals surface area contributed by atoms with Crippen LogP contribution in [-0.2, 0) is 6.54 Å². The van der Waals surface area contributed by atoms with Crippen molar-refractivity contribution in [1.82, 2.24) is 15.0 Å². The smallest absolute Gasteiger partial charge is 0.380 e. The molecule has 0 radical (unpaired) electrons. The number of likely N-dealkylation sites (N-methyl/N-ethyl adjacent to an activating group) is 1. The van der Waals surface area contributed by atoms with E-state index in [0.29, 0.717) is 23.0 Å². The number of hydrazine groups is 1. The largest absolute Gasteiger partial charge is 0.409 e. The second-order valence-corrected chi connectivity index (χ2v) is 6.48. The number of halogens is 4. The van der Waals surface area contributed by atoms with Crippen molar-refractivity contribution in [3.63, 3.8) is 0 Å². The molecule has 0 saturated heterocycles. The average molecular weight is 383 g/mol. The minimum atomic E-state index is -4.33. The van der Waals surface area contributed by atoms with Crippen molar-refractivity contribution in [2.24, 2.45) is 0 Å². The van der Waals surface area contributed by atoms with E-state index in [-0.39, 0.29) is 0 Å². The van der Waals surface area contributed by atoms with Crippen LogP contribution in [0.5, 0.6) is 0 Å². The predicted molar refractivity (Wildman–Crippen MR) is 96.4 cm³/mol. The van der Waals surface area contributed by atoms with E-state index in [2.05, 4.69) is 10.3 Å². The number of benzene rings is 1. The Morgan fingerprint density at radius 1 is 1.12 bits per heavy atom. The van der Waals surface area contributed by atoms with Crippen molar-refractivity contribution in [3.8, 4) is 0 Å². The number of aromatic nitrogens is 1. The standard InChI is InChI=1S/C18H18ClF3N4/c1-25-16(9-17(26(25)2)18(20,21)22)15-8-7-14(11-24-15)23-10-12-3-5-13(19)6-4-12/h3-9,11,17,23H,10H2,1-2H3. The van der Waals surface area contributed by atoms with Gasteiger partial charge in [0.25, 0.3) is 0 Å². The van der Waals surface area contributed by atoms with Gasteiger partial charge in [-0.05, 0) is 35.9 Å². The van der Waals surface area contributed by atoms with Crippen molar-refractivity contribution >= 4 is 23.0 Å².